The molecular formula is C9H8BrNO. The maximum absolute atomic E-state index is 5.49. The molecule has 0 aliphatic rings. The molecule has 1 heterocycles. The van der Waals surface area contributed by atoms with Gasteiger partial charge < -0.3 is 10.2 Å². The quantitative estimate of drug-likeness (QED) is 0.811. The third-order valence-corrected chi connectivity index (χ3v) is 2.44. The van der Waals surface area contributed by atoms with Gasteiger partial charge in [-0.05, 0) is 33.6 Å². The highest BCUT2D eigenvalue weighted by Crippen LogP contribution is 2.26. The lowest BCUT2D eigenvalue weighted by molar-refractivity contribution is 0.613. The number of rotatable bonds is 1. The Balaban J connectivity index is 2.69. The molecule has 0 fully saturated rings. The van der Waals surface area contributed by atoms with E-state index in [4.69, 9.17) is 10.2 Å². The van der Waals surface area contributed by atoms with Crippen LogP contribution in [0.3, 0.4) is 0 Å². The lowest BCUT2D eigenvalue weighted by Crippen LogP contribution is -1.94. The summed E-state index contributed by atoms with van der Waals surface area (Å²) < 4.78 is 6.28. The van der Waals surface area contributed by atoms with E-state index in [9.17, 15) is 0 Å². The number of halogens is 1. The zero-order valence-electron chi connectivity index (χ0n) is 6.38. The topological polar surface area (TPSA) is 39.2 Å². The third-order valence-electron chi connectivity index (χ3n) is 1.83. The second kappa shape index (κ2) is 2.92. The molecule has 3 heteroatoms. The van der Waals surface area contributed by atoms with Crippen molar-refractivity contribution >= 4 is 26.9 Å². The van der Waals surface area contributed by atoms with E-state index in [1.807, 2.05) is 18.2 Å². The number of nitrogens with two attached hydrogens (primary N) is 1. The van der Waals surface area contributed by atoms with Crippen LogP contribution >= 0.6 is 15.9 Å². The molecule has 0 spiro atoms. The van der Waals surface area contributed by atoms with Crippen molar-refractivity contribution in [1.29, 1.82) is 0 Å². The Labute approximate surface area is 78.5 Å². The van der Waals surface area contributed by atoms with E-state index in [2.05, 4.69) is 15.9 Å². The number of benzene rings is 1. The molecule has 0 radical (unpaired) electrons. The summed E-state index contributed by atoms with van der Waals surface area (Å²) in [6.45, 7) is 0.550. The summed E-state index contributed by atoms with van der Waals surface area (Å²) in [7, 11) is 0. The van der Waals surface area contributed by atoms with Gasteiger partial charge in [-0.1, -0.05) is 6.07 Å². The van der Waals surface area contributed by atoms with Crippen molar-refractivity contribution in [3.05, 3.63) is 34.5 Å². The first-order valence-electron chi connectivity index (χ1n) is 3.67. The Bertz CT molecular complexity index is 408. The second-order valence-corrected chi connectivity index (χ2v) is 3.47. The van der Waals surface area contributed by atoms with Crippen LogP contribution in [0.1, 0.15) is 5.56 Å². The Hall–Kier alpha value is -0.800. The highest BCUT2D eigenvalue weighted by atomic mass is 79.9. The fourth-order valence-electron chi connectivity index (χ4n) is 1.17. The average Bonchev–Trinajstić information content (AvgIpc) is 2.47. The van der Waals surface area contributed by atoms with Crippen LogP contribution in [0.2, 0.25) is 0 Å². The van der Waals surface area contributed by atoms with E-state index >= 15 is 0 Å². The Morgan fingerprint density at radius 2 is 2.25 bits per heavy atom. The first-order chi connectivity index (χ1) is 5.81. The van der Waals surface area contributed by atoms with Gasteiger partial charge in [0.2, 0.25) is 0 Å². The monoisotopic (exact) mass is 225 g/mol. The van der Waals surface area contributed by atoms with E-state index in [1.165, 1.54) is 0 Å². The van der Waals surface area contributed by atoms with E-state index in [1.54, 1.807) is 6.26 Å². The molecule has 0 saturated carbocycles. The molecule has 2 nitrogen and oxygen atoms in total. The number of fused-ring (bicyclic) bond motifs is 1. The molecule has 2 aromatic rings. The maximum Gasteiger partial charge on any atom is 0.135 e. The largest absolute Gasteiger partial charge is 0.463 e. The predicted octanol–water partition coefficient (Wildman–Crippen LogP) is 2.65. The van der Waals surface area contributed by atoms with Crippen LogP contribution in [0.25, 0.3) is 11.0 Å². The maximum atomic E-state index is 5.49. The zero-order valence-corrected chi connectivity index (χ0v) is 7.97. The first kappa shape index (κ1) is 7.83. The molecule has 0 bridgehead atoms. The zero-order chi connectivity index (χ0) is 8.55. The van der Waals surface area contributed by atoms with Crippen molar-refractivity contribution in [2.24, 2.45) is 5.73 Å². The van der Waals surface area contributed by atoms with Gasteiger partial charge in [-0.15, -0.1) is 0 Å². The highest BCUT2D eigenvalue weighted by Gasteiger charge is 2.02. The fourth-order valence-corrected chi connectivity index (χ4v) is 1.59. The van der Waals surface area contributed by atoms with E-state index < -0.39 is 0 Å². The fraction of sp³-hybridized carbons (Fsp3) is 0.111. The molecule has 1 aromatic carbocycles. The number of furan rings is 1. The summed E-state index contributed by atoms with van der Waals surface area (Å²) in [5.74, 6) is 0. The highest BCUT2D eigenvalue weighted by molar-refractivity contribution is 9.10. The Morgan fingerprint density at radius 1 is 1.42 bits per heavy atom. The first-order valence-corrected chi connectivity index (χ1v) is 4.46. The van der Waals surface area contributed by atoms with Crippen molar-refractivity contribution in [2.75, 3.05) is 0 Å². The SMILES string of the molecule is NCc1ccc2c(Br)coc2c1. The Kier molecular flexibility index (Phi) is 1.90. The minimum Gasteiger partial charge on any atom is -0.463 e. The summed E-state index contributed by atoms with van der Waals surface area (Å²) in [5, 5.41) is 1.09. The Morgan fingerprint density at radius 3 is 3.00 bits per heavy atom. The average molecular weight is 226 g/mol. The smallest absolute Gasteiger partial charge is 0.135 e. The van der Waals surface area contributed by atoms with E-state index in [0.717, 1.165) is 21.0 Å². The molecule has 2 N–H and O–H groups in total. The van der Waals surface area contributed by atoms with Crippen molar-refractivity contribution in [2.45, 2.75) is 6.54 Å². The normalized spacial score (nSPS) is 10.8. The van der Waals surface area contributed by atoms with Gasteiger partial charge in [0.15, 0.2) is 0 Å². The van der Waals surface area contributed by atoms with Crippen molar-refractivity contribution in [3.8, 4) is 0 Å². The molecule has 1 aromatic heterocycles. The second-order valence-electron chi connectivity index (χ2n) is 2.62. The van der Waals surface area contributed by atoms with E-state index in [-0.39, 0.29) is 0 Å². The molecule has 0 amide bonds. The lowest BCUT2D eigenvalue weighted by Gasteiger charge is -1.94. The van der Waals surface area contributed by atoms with E-state index in [0.29, 0.717) is 6.54 Å². The van der Waals surface area contributed by atoms with Crippen molar-refractivity contribution < 1.29 is 4.42 Å². The predicted molar refractivity (Wildman–Crippen MR) is 51.8 cm³/mol. The molecule has 62 valence electrons. The molecule has 12 heavy (non-hydrogen) atoms. The molecule has 0 aliphatic carbocycles. The van der Waals surface area contributed by atoms with Crippen molar-refractivity contribution in [3.63, 3.8) is 0 Å². The number of hydrogen-bond donors (Lipinski definition) is 1. The minimum absolute atomic E-state index is 0.550. The molecule has 0 aliphatic heterocycles. The summed E-state index contributed by atoms with van der Waals surface area (Å²) in [6, 6.07) is 5.97. The van der Waals surface area contributed by atoms with Crippen LogP contribution in [0.4, 0.5) is 0 Å². The molecule has 0 atom stereocenters. The summed E-state index contributed by atoms with van der Waals surface area (Å²) >= 11 is 3.39. The minimum atomic E-state index is 0.550. The van der Waals surface area contributed by atoms with Crippen molar-refractivity contribution in [1.82, 2.24) is 0 Å². The van der Waals surface area contributed by atoms with Gasteiger partial charge in [0, 0.05) is 11.9 Å². The molecule has 0 saturated heterocycles. The lowest BCUT2D eigenvalue weighted by atomic mass is 10.2. The third kappa shape index (κ3) is 1.15. The van der Waals surface area contributed by atoms with Gasteiger partial charge in [-0.2, -0.15) is 0 Å². The molecular weight excluding hydrogens is 218 g/mol. The van der Waals surface area contributed by atoms with Gasteiger partial charge in [0.05, 0.1) is 4.47 Å². The van der Waals surface area contributed by atoms with Crippen LogP contribution in [-0.2, 0) is 6.54 Å². The van der Waals surface area contributed by atoms with Crippen LogP contribution in [-0.4, -0.2) is 0 Å². The summed E-state index contributed by atoms with van der Waals surface area (Å²) in [5.41, 5.74) is 7.46. The van der Waals surface area contributed by atoms with Gasteiger partial charge in [0.25, 0.3) is 0 Å². The van der Waals surface area contributed by atoms with Gasteiger partial charge in [0.1, 0.15) is 11.8 Å². The van der Waals surface area contributed by atoms with Crippen LogP contribution in [0.5, 0.6) is 0 Å². The van der Waals surface area contributed by atoms with Crippen LogP contribution in [0.15, 0.2) is 33.4 Å². The summed E-state index contributed by atoms with van der Waals surface area (Å²) in [4.78, 5) is 0. The molecule has 2 rings (SSSR count). The van der Waals surface area contributed by atoms with Gasteiger partial charge in [-0.3, -0.25) is 0 Å². The number of hydrogen-bond acceptors (Lipinski definition) is 2. The van der Waals surface area contributed by atoms with Gasteiger partial charge >= 0.3 is 0 Å². The van der Waals surface area contributed by atoms with Crippen LogP contribution < -0.4 is 5.73 Å². The summed E-state index contributed by atoms with van der Waals surface area (Å²) in [6.07, 6.45) is 1.69. The van der Waals surface area contributed by atoms with Crippen LogP contribution in [0, 0.1) is 0 Å². The molecule has 0 unspecified atom stereocenters. The standard InChI is InChI=1S/C9H8BrNO/c10-8-5-12-9-3-6(4-11)1-2-7(8)9/h1-3,5H,4,11H2. The van der Waals surface area contributed by atoms with Gasteiger partial charge in [-0.25, -0.2) is 0 Å².